The lowest BCUT2D eigenvalue weighted by Crippen LogP contribution is -2.61. The number of aromatic amines is 1. The number of thiol groups is 2. The van der Waals surface area contributed by atoms with Crippen LogP contribution in [0.1, 0.15) is 109 Å². The average molecular weight is 1130 g/mol. The highest BCUT2D eigenvalue weighted by atomic mass is 32.1. The predicted octanol–water partition coefficient (Wildman–Crippen LogP) is -2.60. The Bertz CT molecular complexity index is 2520. The lowest BCUT2D eigenvalue weighted by molar-refractivity contribution is -0.142. The van der Waals surface area contributed by atoms with Crippen LogP contribution in [0.15, 0.2) is 35.5 Å². The van der Waals surface area contributed by atoms with Gasteiger partial charge >= 0.3 is 0 Å². The molecule has 1 aliphatic carbocycles. The molecule has 1 saturated carbocycles. The molecule has 4 rings (SSSR count). The van der Waals surface area contributed by atoms with E-state index in [2.05, 4.69) is 59.8 Å². The van der Waals surface area contributed by atoms with Crippen LogP contribution >= 0.6 is 25.3 Å². The van der Waals surface area contributed by atoms with E-state index in [1.165, 1.54) is 4.90 Å². The summed E-state index contributed by atoms with van der Waals surface area (Å²) in [5.41, 5.74) is 28.5. The number of H-pyrrole nitrogens is 1. The summed E-state index contributed by atoms with van der Waals surface area (Å²) in [6, 6.07) is -2.17. The van der Waals surface area contributed by atoms with Crippen molar-refractivity contribution in [1.82, 2.24) is 47.1 Å². The number of likely N-dealkylation sites (tertiary alicyclic amines) is 1. The number of benzene rings is 1. The number of carbonyl (C=O) groups excluding carboxylic acids is 11. The molecular weight excluding hydrogens is 1050 g/mol. The van der Waals surface area contributed by atoms with E-state index in [9.17, 15) is 52.7 Å². The maximum Gasteiger partial charge on any atom is 0.246 e. The highest BCUT2D eigenvalue weighted by Crippen LogP contribution is 2.36. The standard InChI is InChI=1S/C50H77N15O11S2/c1-3-27(2)41(64-45(73)33(21-28-24-57-30-12-6-5-11-29(28)30)59-40(69)23-50(78)17-7-4-8-18-50)47(75)61-32(15-16-37(51)66)43(71)62-34(22-38(52)67)44(72)63-35(26-77)48(76)65-20-10-14-36(65)46(74)60-31(13-9-19-56-49(54)55)42(70)58-25-39(53)68/h5-6,11-12,24,27,31-36,41,57,77-78H,3-4,7-10,13-23,25-26H2,1-2H3,(H2,51,66)(H2,52,67)(H2,53,68)(H,58,70)(H,59,69)(H,60,74)(H,61,75)(H,62,71)(H,63,72)(H,64,73)(H4,54,55,56)/t27-,31+,32+,33+,34+,35+,36+,41+/m1/s1. The molecule has 0 radical (unpaired) electrons. The third kappa shape index (κ3) is 19.7. The first kappa shape index (κ1) is 63.4. The number of nitrogens with two attached hydrogens (primary N) is 5. The Morgan fingerprint density at radius 2 is 1.38 bits per heavy atom. The van der Waals surface area contributed by atoms with Gasteiger partial charge in [0.2, 0.25) is 65.0 Å². The monoisotopic (exact) mass is 1130 g/mol. The predicted molar refractivity (Wildman–Crippen MR) is 295 cm³/mol. The van der Waals surface area contributed by atoms with Gasteiger partial charge in [-0.2, -0.15) is 25.3 Å². The molecule has 28 heteroatoms. The van der Waals surface area contributed by atoms with E-state index in [-0.39, 0.29) is 56.9 Å². The van der Waals surface area contributed by atoms with Crippen LogP contribution in [0.4, 0.5) is 0 Å². The number of hydrogen-bond acceptors (Lipinski definition) is 14. The number of aromatic nitrogens is 1. The minimum atomic E-state index is -1.77. The number of amides is 11. The van der Waals surface area contributed by atoms with Crippen LogP contribution in [0.2, 0.25) is 0 Å². The molecule has 430 valence electrons. The molecule has 11 amide bonds. The van der Waals surface area contributed by atoms with Crippen LogP contribution in [-0.4, -0.2) is 153 Å². The fraction of sp³-hybridized carbons (Fsp3) is 0.600. The normalized spacial score (nSPS) is 17.5. The lowest BCUT2D eigenvalue weighted by Gasteiger charge is -2.33. The summed E-state index contributed by atoms with van der Waals surface area (Å²) in [6.07, 6.45) is 5.67. The van der Waals surface area contributed by atoms with Gasteiger partial charge in [0, 0.05) is 60.0 Å². The van der Waals surface area contributed by atoms with Crippen molar-refractivity contribution >= 4 is 107 Å². The molecule has 8 atom stereocenters. The molecule has 18 N–H and O–H groups in total. The Morgan fingerprint density at radius 1 is 0.744 bits per heavy atom. The number of para-hydroxylation sites is 1. The molecule has 0 bridgehead atoms. The lowest BCUT2D eigenvalue weighted by atomic mass is 9.85. The third-order valence-corrected chi connectivity index (χ3v) is 14.8. The second-order valence-electron chi connectivity index (χ2n) is 19.9. The number of nitrogens with one attached hydrogen (secondary N) is 8. The summed E-state index contributed by atoms with van der Waals surface area (Å²) in [6.45, 7) is 3.12. The maximum absolute atomic E-state index is 14.4. The van der Waals surface area contributed by atoms with E-state index in [1.54, 1.807) is 20.0 Å². The quantitative estimate of drug-likeness (QED) is 0.0160. The van der Waals surface area contributed by atoms with Gasteiger partial charge < -0.3 is 75.8 Å². The first-order chi connectivity index (χ1) is 36.9. The van der Waals surface area contributed by atoms with Gasteiger partial charge in [0.1, 0.15) is 42.3 Å². The van der Waals surface area contributed by atoms with Gasteiger partial charge in [-0.15, -0.1) is 0 Å². The summed E-state index contributed by atoms with van der Waals surface area (Å²) < 4.78 is -0.549. The van der Waals surface area contributed by atoms with Crippen molar-refractivity contribution in [3.63, 3.8) is 0 Å². The van der Waals surface area contributed by atoms with E-state index in [4.69, 9.17) is 41.3 Å². The zero-order valence-electron chi connectivity index (χ0n) is 44.1. The second-order valence-corrected chi connectivity index (χ2v) is 21.3. The van der Waals surface area contributed by atoms with Crippen molar-refractivity contribution in [2.45, 2.75) is 157 Å². The number of guanidine groups is 1. The Kier molecular flexibility index (Phi) is 25.0. The molecule has 2 fully saturated rings. The highest BCUT2D eigenvalue weighted by molar-refractivity contribution is 7.81. The zero-order valence-corrected chi connectivity index (χ0v) is 45.9. The van der Waals surface area contributed by atoms with E-state index in [1.807, 2.05) is 24.3 Å². The first-order valence-corrected chi connectivity index (χ1v) is 27.2. The summed E-state index contributed by atoms with van der Waals surface area (Å²) in [5, 5.41) is 18.9. The van der Waals surface area contributed by atoms with Crippen molar-refractivity contribution in [3.8, 4) is 0 Å². The number of primary amides is 3. The van der Waals surface area contributed by atoms with Gasteiger partial charge in [0.25, 0.3) is 0 Å². The van der Waals surface area contributed by atoms with E-state index in [0.717, 1.165) is 48.6 Å². The summed E-state index contributed by atoms with van der Waals surface area (Å²) in [7, 11) is 0. The van der Waals surface area contributed by atoms with Crippen molar-refractivity contribution in [3.05, 3.63) is 36.0 Å². The van der Waals surface area contributed by atoms with Gasteiger partial charge in [0.05, 0.1) is 13.0 Å². The molecule has 2 aliphatic rings. The second kappa shape index (κ2) is 30.7. The fourth-order valence-corrected chi connectivity index (χ4v) is 10.1. The van der Waals surface area contributed by atoms with Crippen molar-refractivity contribution in [2.24, 2.45) is 39.6 Å². The number of fused-ring (bicyclic) bond motifs is 1. The third-order valence-electron chi connectivity index (χ3n) is 13.8. The number of carbonyl (C=O) groups is 11. The van der Waals surface area contributed by atoms with Gasteiger partial charge in [-0.3, -0.25) is 57.7 Å². The molecule has 0 unspecified atom stereocenters. The van der Waals surface area contributed by atoms with Crippen molar-refractivity contribution < 1.29 is 52.7 Å². The van der Waals surface area contributed by atoms with Crippen LogP contribution in [0.5, 0.6) is 0 Å². The highest BCUT2D eigenvalue weighted by Gasteiger charge is 2.41. The fourth-order valence-electron chi connectivity index (χ4n) is 9.41. The zero-order chi connectivity index (χ0) is 57.7. The van der Waals surface area contributed by atoms with E-state index in [0.29, 0.717) is 12.8 Å². The van der Waals surface area contributed by atoms with E-state index < -0.39 is 144 Å². The molecule has 1 aromatic heterocycles. The molecule has 0 spiro atoms. The SMILES string of the molecule is CC[C@@H](C)[C@H](NC(=O)[C@H](Cc1c[nH]c2ccccc12)NC(=O)CC1(S)CCCCC1)C(=O)N[C@@H](CCC(N)=O)C(=O)N[C@@H](CC(N)=O)C(=O)N[C@@H](CS)C(=O)N1CCC[C@H]1C(=O)N[C@@H](CCCN=C(N)N)C(=O)NCC(N)=O. The minimum Gasteiger partial charge on any atom is -0.370 e. The summed E-state index contributed by atoms with van der Waals surface area (Å²) >= 11 is 9.12. The molecule has 1 aromatic carbocycles. The molecular formula is C50H77N15O11S2. The van der Waals surface area contributed by atoms with Crippen LogP contribution in [0.3, 0.4) is 0 Å². The number of rotatable bonds is 31. The Balaban J connectivity index is 1.52. The van der Waals surface area contributed by atoms with Crippen LogP contribution in [0, 0.1) is 5.92 Å². The van der Waals surface area contributed by atoms with E-state index >= 15 is 0 Å². The number of aliphatic imine (C=N–C) groups is 1. The molecule has 78 heavy (non-hydrogen) atoms. The van der Waals surface area contributed by atoms with Gasteiger partial charge in [-0.05, 0) is 62.5 Å². The van der Waals surface area contributed by atoms with Crippen molar-refractivity contribution in [2.75, 3.05) is 25.4 Å². The summed E-state index contributed by atoms with van der Waals surface area (Å²) in [4.78, 5) is 155. The smallest absolute Gasteiger partial charge is 0.246 e. The molecule has 1 saturated heterocycles. The first-order valence-electron chi connectivity index (χ1n) is 26.1. The molecule has 1 aliphatic heterocycles. The molecule has 2 heterocycles. The number of hydrogen-bond donors (Lipinski definition) is 15. The van der Waals surface area contributed by atoms with Gasteiger partial charge in [0.15, 0.2) is 5.96 Å². The minimum absolute atomic E-state index is 0.0320. The Labute approximate surface area is 463 Å². The molecule has 2 aromatic rings. The Hall–Kier alpha value is -7.10. The maximum atomic E-state index is 14.4. The number of nitrogens with zero attached hydrogens (tertiary/aromatic N) is 2. The van der Waals surface area contributed by atoms with Gasteiger partial charge in [-0.25, -0.2) is 0 Å². The largest absolute Gasteiger partial charge is 0.370 e. The van der Waals surface area contributed by atoms with Crippen LogP contribution in [0.25, 0.3) is 10.9 Å². The average Bonchev–Trinajstić information content (AvgIpc) is 4.07. The van der Waals surface area contributed by atoms with Gasteiger partial charge in [-0.1, -0.05) is 57.7 Å². The topological polar surface area (TPSA) is 433 Å². The Morgan fingerprint density at radius 3 is 2.03 bits per heavy atom. The van der Waals surface area contributed by atoms with Crippen LogP contribution in [-0.2, 0) is 59.2 Å². The summed E-state index contributed by atoms with van der Waals surface area (Å²) in [5.74, 6) is -10.1. The van der Waals surface area contributed by atoms with Crippen molar-refractivity contribution in [1.29, 1.82) is 0 Å². The molecule has 26 nitrogen and oxygen atoms in total. The van der Waals surface area contributed by atoms with Crippen LogP contribution < -0.4 is 65.9 Å².